The summed E-state index contributed by atoms with van der Waals surface area (Å²) in [5, 5.41) is 11.7. The van der Waals surface area contributed by atoms with Crippen LogP contribution in [0.3, 0.4) is 0 Å². The average Bonchev–Trinajstić information content (AvgIpc) is 2.99. The second-order valence-electron chi connectivity index (χ2n) is 4.36. The maximum atomic E-state index is 12.0. The van der Waals surface area contributed by atoms with Crippen LogP contribution in [0.25, 0.3) is 0 Å². The Morgan fingerprint density at radius 3 is 2.62 bits per heavy atom. The highest BCUT2D eigenvalue weighted by Crippen LogP contribution is 2.11. The zero-order valence-corrected chi connectivity index (χ0v) is 11.4. The van der Waals surface area contributed by atoms with Crippen LogP contribution in [-0.4, -0.2) is 40.1 Å². The molecule has 7 heteroatoms. The molecule has 1 unspecified atom stereocenters. The van der Waals surface area contributed by atoms with Crippen LogP contribution in [0.2, 0.25) is 0 Å². The first-order chi connectivity index (χ1) is 10.1. The molecule has 2 rings (SSSR count). The number of ether oxygens (including phenoxy) is 1. The highest BCUT2D eigenvalue weighted by molar-refractivity contribution is 5.96. The molecule has 0 radical (unpaired) electrons. The van der Waals surface area contributed by atoms with E-state index in [1.807, 2.05) is 0 Å². The SMILES string of the molecule is COc1ccc(C(=O)NC(Cc2c[nH]cn2)C(=O)O)cc1. The van der Waals surface area contributed by atoms with Gasteiger partial charge in [0.25, 0.3) is 5.91 Å². The van der Waals surface area contributed by atoms with Crippen LogP contribution in [0, 0.1) is 0 Å². The number of aromatic amines is 1. The lowest BCUT2D eigenvalue weighted by molar-refractivity contribution is -0.139. The average molecular weight is 289 g/mol. The number of imidazole rings is 1. The zero-order chi connectivity index (χ0) is 15.2. The van der Waals surface area contributed by atoms with Gasteiger partial charge >= 0.3 is 5.97 Å². The molecule has 0 saturated heterocycles. The van der Waals surface area contributed by atoms with Crippen molar-refractivity contribution in [2.45, 2.75) is 12.5 Å². The van der Waals surface area contributed by atoms with Crippen LogP contribution in [0.15, 0.2) is 36.8 Å². The Labute approximate surface area is 121 Å². The van der Waals surface area contributed by atoms with E-state index in [0.717, 1.165) is 0 Å². The van der Waals surface area contributed by atoms with Crippen molar-refractivity contribution in [1.82, 2.24) is 15.3 Å². The normalized spacial score (nSPS) is 11.7. The number of aromatic nitrogens is 2. The molecule has 0 fully saturated rings. The minimum absolute atomic E-state index is 0.112. The molecule has 0 bridgehead atoms. The molecule has 0 spiro atoms. The molecule has 110 valence electrons. The first kappa shape index (κ1) is 14.6. The Morgan fingerprint density at radius 2 is 2.10 bits per heavy atom. The van der Waals surface area contributed by atoms with Gasteiger partial charge < -0.3 is 20.1 Å². The Kier molecular flexibility index (Phi) is 4.55. The Hall–Kier alpha value is -2.83. The third-order valence-corrected chi connectivity index (χ3v) is 2.92. The summed E-state index contributed by atoms with van der Waals surface area (Å²) in [6.07, 6.45) is 3.16. The van der Waals surface area contributed by atoms with Crippen LogP contribution in [-0.2, 0) is 11.2 Å². The lowest BCUT2D eigenvalue weighted by Crippen LogP contribution is -2.42. The summed E-state index contributed by atoms with van der Waals surface area (Å²) in [4.78, 5) is 30.0. The molecule has 2 aromatic rings. The second-order valence-corrected chi connectivity index (χ2v) is 4.36. The van der Waals surface area contributed by atoms with E-state index >= 15 is 0 Å². The Bertz CT molecular complexity index is 608. The summed E-state index contributed by atoms with van der Waals surface area (Å²) in [6, 6.07) is 5.38. The van der Waals surface area contributed by atoms with Gasteiger partial charge in [-0.2, -0.15) is 0 Å². The Balaban J connectivity index is 2.05. The molecule has 1 aromatic carbocycles. The van der Waals surface area contributed by atoms with Crippen molar-refractivity contribution in [3.05, 3.63) is 48.0 Å². The number of hydrogen-bond donors (Lipinski definition) is 3. The number of methoxy groups -OCH3 is 1. The van der Waals surface area contributed by atoms with Gasteiger partial charge in [0.05, 0.1) is 19.1 Å². The number of H-pyrrole nitrogens is 1. The number of hydrogen-bond acceptors (Lipinski definition) is 4. The fourth-order valence-corrected chi connectivity index (χ4v) is 1.80. The smallest absolute Gasteiger partial charge is 0.326 e. The first-order valence-electron chi connectivity index (χ1n) is 6.25. The summed E-state index contributed by atoms with van der Waals surface area (Å²) < 4.78 is 5.00. The second kappa shape index (κ2) is 6.56. The van der Waals surface area contributed by atoms with Crippen molar-refractivity contribution >= 4 is 11.9 Å². The lowest BCUT2D eigenvalue weighted by atomic mass is 10.1. The fraction of sp³-hybridized carbons (Fsp3) is 0.214. The summed E-state index contributed by atoms with van der Waals surface area (Å²) in [6.45, 7) is 0. The van der Waals surface area contributed by atoms with E-state index < -0.39 is 17.9 Å². The molecule has 0 aliphatic rings. The van der Waals surface area contributed by atoms with Gasteiger partial charge in [-0.15, -0.1) is 0 Å². The highest BCUT2D eigenvalue weighted by atomic mass is 16.5. The third kappa shape index (κ3) is 3.82. The molecule has 0 aliphatic heterocycles. The van der Waals surface area contributed by atoms with Crippen molar-refractivity contribution in [2.24, 2.45) is 0 Å². The van der Waals surface area contributed by atoms with Crippen molar-refractivity contribution < 1.29 is 19.4 Å². The number of rotatable bonds is 6. The summed E-state index contributed by atoms with van der Waals surface area (Å²) >= 11 is 0. The van der Waals surface area contributed by atoms with E-state index in [-0.39, 0.29) is 6.42 Å². The summed E-state index contributed by atoms with van der Waals surface area (Å²) in [5.74, 6) is -0.946. The van der Waals surface area contributed by atoms with E-state index in [0.29, 0.717) is 17.0 Å². The zero-order valence-electron chi connectivity index (χ0n) is 11.4. The van der Waals surface area contributed by atoms with E-state index in [9.17, 15) is 14.7 Å². The van der Waals surface area contributed by atoms with Crippen LogP contribution < -0.4 is 10.1 Å². The maximum Gasteiger partial charge on any atom is 0.326 e. The molecule has 3 N–H and O–H groups in total. The first-order valence-corrected chi connectivity index (χ1v) is 6.25. The number of benzene rings is 1. The van der Waals surface area contributed by atoms with Gasteiger partial charge in [0.2, 0.25) is 0 Å². The van der Waals surface area contributed by atoms with E-state index in [1.54, 1.807) is 30.5 Å². The van der Waals surface area contributed by atoms with Gasteiger partial charge in [-0.05, 0) is 24.3 Å². The fourth-order valence-electron chi connectivity index (χ4n) is 1.80. The van der Waals surface area contributed by atoms with Gasteiger partial charge in [-0.1, -0.05) is 0 Å². The van der Waals surface area contributed by atoms with Crippen LogP contribution in [0.5, 0.6) is 5.75 Å². The molecule has 1 atom stereocenters. The monoisotopic (exact) mass is 289 g/mol. The van der Waals surface area contributed by atoms with E-state index in [1.165, 1.54) is 13.4 Å². The van der Waals surface area contributed by atoms with Crippen LogP contribution in [0.4, 0.5) is 0 Å². The molecular weight excluding hydrogens is 274 g/mol. The molecule has 21 heavy (non-hydrogen) atoms. The number of nitrogens with zero attached hydrogens (tertiary/aromatic N) is 1. The molecule has 0 aliphatic carbocycles. The summed E-state index contributed by atoms with van der Waals surface area (Å²) in [5.41, 5.74) is 0.932. The van der Waals surface area contributed by atoms with Gasteiger partial charge in [-0.3, -0.25) is 4.79 Å². The van der Waals surface area contributed by atoms with Crippen molar-refractivity contribution in [3.63, 3.8) is 0 Å². The number of nitrogens with one attached hydrogen (secondary N) is 2. The van der Waals surface area contributed by atoms with Gasteiger partial charge in [0.1, 0.15) is 11.8 Å². The number of carboxylic acid groups (broad SMARTS) is 1. The number of amides is 1. The Morgan fingerprint density at radius 1 is 1.38 bits per heavy atom. The molecule has 7 nitrogen and oxygen atoms in total. The number of carboxylic acids is 1. The van der Waals surface area contributed by atoms with Crippen molar-refractivity contribution in [2.75, 3.05) is 7.11 Å². The minimum atomic E-state index is -1.11. The lowest BCUT2D eigenvalue weighted by Gasteiger charge is -2.13. The van der Waals surface area contributed by atoms with Crippen molar-refractivity contribution in [3.8, 4) is 5.75 Å². The predicted molar refractivity (Wildman–Crippen MR) is 74.2 cm³/mol. The number of carbonyl (C=O) groups is 2. The standard InChI is InChI=1S/C14H15N3O4/c1-21-11-4-2-9(3-5-11)13(18)17-12(14(19)20)6-10-7-15-8-16-10/h2-5,7-8,12H,6H2,1H3,(H,15,16)(H,17,18)(H,19,20). The maximum absolute atomic E-state index is 12.0. The predicted octanol–water partition coefficient (Wildman–Crippen LogP) is 0.844. The number of aliphatic carboxylic acids is 1. The third-order valence-electron chi connectivity index (χ3n) is 2.92. The topological polar surface area (TPSA) is 104 Å². The molecule has 0 saturated carbocycles. The number of carbonyl (C=O) groups excluding carboxylic acids is 1. The van der Waals surface area contributed by atoms with Crippen LogP contribution in [0.1, 0.15) is 16.1 Å². The van der Waals surface area contributed by atoms with E-state index in [2.05, 4.69) is 15.3 Å². The quantitative estimate of drug-likeness (QED) is 0.731. The van der Waals surface area contributed by atoms with E-state index in [4.69, 9.17) is 4.74 Å². The van der Waals surface area contributed by atoms with Crippen molar-refractivity contribution in [1.29, 1.82) is 0 Å². The van der Waals surface area contributed by atoms with Gasteiger partial charge in [-0.25, -0.2) is 9.78 Å². The van der Waals surface area contributed by atoms with Crippen LogP contribution >= 0.6 is 0 Å². The minimum Gasteiger partial charge on any atom is -0.497 e. The highest BCUT2D eigenvalue weighted by Gasteiger charge is 2.21. The molecule has 1 heterocycles. The molecular formula is C14H15N3O4. The van der Waals surface area contributed by atoms with Gasteiger partial charge in [0.15, 0.2) is 0 Å². The molecule has 1 amide bonds. The molecule has 1 aromatic heterocycles. The van der Waals surface area contributed by atoms with Gasteiger partial charge in [0, 0.05) is 18.2 Å². The largest absolute Gasteiger partial charge is 0.497 e. The summed E-state index contributed by atoms with van der Waals surface area (Å²) in [7, 11) is 1.53.